The van der Waals surface area contributed by atoms with E-state index in [1.54, 1.807) is 23.3 Å². The van der Waals surface area contributed by atoms with E-state index in [1.807, 2.05) is 13.1 Å². The average Bonchev–Trinajstić information content (AvgIpc) is 2.50. The van der Waals surface area contributed by atoms with E-state index < -0.39 is 10.8 Å². The van der Waals surface area contributed by atoms with E-state index >= 15 is 0 Å². The van der Waals surface area contributed by atoms with Crippen LogP contribution in [0.3, 0.4) is 0 Å². The lowest BCUT2D eigenvalue weighted by Gasteiger charge is -2.31. The molecular weight excluding hydrogens is 320 g/mol. The van der Waals surface area contributed by atoms with Gasteiger partial charge in [-0.2, -0.15) is 0 Å². The van der Waals surface area contributed by atoms with Gasteiger partial charge < -0.3 is 10.2 Å². The lowest BCUT2D eigenvalue weighted by Crippen LogP contribution is -2.40. The van der Waals surface area contributed by atoms with Crippen LogP contribution in [0.1, 0.15) is 37.7 Å². The maximum Gasteiger partial charge on any atom is 0.321 e. The van der Waals surface area contributed by atoms with Gasteiger partial charge in [-0.05, 0) is 30.5 Å². The molecule has 1 fully saturated rings. The summed E-state index contributed by atoms with van der Waals surface area (Å²) in [6.07, 6.45) is 7.40. The zero-order chi connectivity index (χ0) is 16.1. The van der Waals surface area contributed by atoms with Crippen LogP contribution >= 0.6 is 11.6 Å². The number of amides is 2. The third-order valence-corrected chi connectivity index (χ3v) is 5.15. The first-order valence-corrected chi connectivity index (χ1v) is 9.70. The molecule has 0 aliphatic heterocycles. The van der Waals surface area contributed by atoms with Crippen molar-refractivity contribution in [2.45, 2.75) is 43.9 Å². The van der Waals surface area contributed by atoms with Gasteiger partial charge in [0.1, 0.15) is 0 Å². The number of benzene rings is 1. The highest BCUT2D eigenvalue weighted by Gasteiger charge is 2.22. The van der Waals surface area contributed by atoms with Gasteiger partial charge in [-0.15, -0.1) is 0 Å². The third kappa shape index (κ3) is 4.71. The number of nitrogens with one attached hydrogen (secondary N) is 1. The average molecular weight is 343 g/mol. The summed E-state index contributed by atoms with van der Waals surface area (Å²) in [5.74, 6) is 0.457. The topological polar surface area (TPSA) is 49.4 Å². The van der Waals surface area contributed by atoms with Crippen molar-refractivity contribution in [1.82, 2.24) is 4.90 Å². The lowest BCUT2D eigenvalue weighted by atomic mass is 9.95. The van der Waals surface area contributed by atoms with Gasteiger partial charge in [0.25, 0.3) is 0 Å². The largest absolute Gasteiger partial charge is 0.325 e. The number of halogens is 1. The predicted octanol–water partition coefficient (Wildman–Crippen LogP) is 4.01. The Morgan fingerprint density at radius 3 is 2.68 bits per heavy atom. The lowest BCUT2D eigenvalue weighted by molar-refractivity contribution is 0.186. The van der Waals surface area contributed by atoms with Crippen LogP contribution in [0.25, 0.3) is 0 Å². The molecule has 1 N–H and O–H groups in total. The molecule has 1 aliphatic rings. The molecule has 0 heterocycles. The smallest absolute Gasteiger partial charge is 0.321 e. The second-order valence-corrected chi connectivity index (χ2v) is 7.71. The fraction of sp³-hybridized carbons (Fsp3) is 0.562. The van der Waals surface area contributed by atoms with Crippen LogP contribution < -0.4 is 5.32 Å². The molecule has 0 radical (unpaired) electrons. The second-order valence-electron chi connectivity index (χ2n) is 5.86. The quantitative estimate of drug-likeness (QED) is 0.898. The van der Waals surface area contributed by atoms with E-state index in [2.05, 4.69) is 5.32 Å². The van der Waals surface area contributed by atoms with Crippen LogP contribution in [0, 0.1) is 0 Å². The summed E-state index contributed by atoms with van der Waals surface area (Å²) in [5.41, 5.74) is 1.48. The van der Waals surface area contributed by atoms with Crippen LogP contribution in [0.4, 0.5) is 10.5 Å². The number of rotatable bonds is 4. The molecule has 1 aromatic rings. The zero-order valence-corrected chi connectivity index (χ0v) is 14.7. The first-order chi connectivity index (χ1) is 10.5. The van der Waals surface area contributed by atoms with Crippen molar-refractivity contribution < 1.29 is 9.00 Å². The number of nitrogens with zero attached hydrogens (tertiary/aromatic N) is 1. The van der Waals surface area contributed by atoms with Crippen LogP contribution in [-0.2, 0) is 16.6 Å². The first-order valence-electron chi connectivity index (χ1n) is 7.59. The van der Waals surface area contributed by atoms with Gasteiger partial charge in [-0.3, -0.25) is 4.21 Å². The monoisotopic (exact) mass is 342 g/mol. The number of carbonyl (C=O) groups excluding carboxylic acids is 1. The van der Waals surface area contributed by atoms with E-state index in [-0.39, 0.29) is 6.03 Å². The molecule has 2 amide bonds. The number of urea groups is 1. The Kier molecular flexibility index (Phi) is 6.26. The first kappa shape index (κ1) is 17.3. The zero-order valence-electron chi connectivity index (χ0n) is 13.1. The molecule has 0 aromatic heterocycles. The number of carbonyl (C=O) groups is 1. The summed E-state index contributed by atoms with van der Waals surface area (Å²) < 4.78 is 11.3. The highest BCUT2D eigenvalue weighted by molar-refractivity contribution is 7.83. The van der Waals surface area contributed by atoms with Crippen molar-refractivity contribution in [2.75, 3.05) is 18.6 Å². The SMILES string of the molecule is CN(C(=O)Nc1cc(CS(C)=O)ccc1Cl)C1CCCCC1. The molecule has 22 heavy (non-hydrogen) atoms. The Balaban J connectivity index is 2.05. The molecular formula is C16H23ClN2O2S. The third-order valence-electron chi connectivity index (χ3n) is 4.09. The van der Waals surface area contributed by atoms with Crippen molar-refractivity contribution in [3.05, 3.63) is 28.8 Å². The molecule has 0 bridgehead atoms. The van der Waals surface area contributed by atoms with Crippen LogP contribution in [0.2, 0.25) is 5.02 Å². The van der Waals surface area contributed by atoms with Gasteiger partial charge in [0.15, 0.2) is 0 Å². The minimum Gasteiger partial charge on any atom is -0.325 e. The fourth-order valence-electron chi connectivity index (χ4n) is 2.83. The van der Waals surface area contributed by atoms with Gasteiger partial charge >= 0.3 is 6.03 Å². The highest BCUT2D eigenvalue weighted by atomic mass is 35.5. The summed E-state index contributed by atoms with van der Waals surface area (Å²) in [6.45, 7) is 0. The predicted molar refractivity (Wildman–Crippen MR) is 92.9 cm³/mol. The van der Waals surface area contributed by atoms with Crippen molar-refractivity contribution in [3.8, 4) is 0 Å². The summed E-state index contributed by atoms with van der Waals surface area (Å²) >= 11 is 6.16. The fourth-order valence-corrected chi connectivity index (χ4v) is 3.64. The Labute approximate surface area is 139 Å². The Hall–Kier alpha value is -1.07. The number of hydrogen-bond donors (Lipinski definition) is 1. The van der Waals surface area contributed by atoms with E-state index in [0.717, 1.165) is 18.4 Å². The minimum atomic E-state index is -0.923. The molecule has 122 valence electrons. The highest BCUT2D eigenvalue weighted by Crippen LogP contribution is 2.26. The van der Waals surface area contributed by atoms with E-state index in [9.17, 15) is 9.00 Å². The molecule has 1 unspecified atom stereocenters. The molecule has 1 aliphatic carbocycles. The summed E-state index contributed by atoms with van der Waals surface area (Å²) in [7, 11) is 0.915. The normalized spacial score (nSPS) is 17.0. The number of hydrogen-bond acceptors (Lipinski definition) is 2. The van der Waals surface area contributed by atoms with Gasteiger partial charge in [-0.1, -0.05) is 36.9 Å². The van der Waals surface area contributed by atoms with Crippen LogP contribution in [0.15, 0.2) is 18.2 Å². The molecule has 0 saturated heterocycles. The van der Waals surface area contributed by atoms with Gasteiger partial charge in [0.2, 0.25) is 0 Å². The van der Waals surface area contributed by atoms with Crippen molar-refractivity contribution in [1.29, 1.82) is 0 Å². The van der Waals surface area contributed by atoms with E-state index in [4.69, 9.17) is 11.6 Å². The standard InChI is InChI=1S/C16H23ClN2O2S/c1-19(13-6-4-3-5-7-13)16(20)18-15-10-12(11-22(2)21)8-9-14(15)17/h8-10,13H,3-7,11H2,1-2H3,(H,18,20). The van der Waals surface area contributed by atoms with Crippen LogP contribution in [-0.4, -0.2) is 34.5 Å². The maximum atomic E-state index is 12.4. The van der Waals surface area contributed by atoms with E-state index in [0.29, 0.717) is 22.5 Å². The summed E-state index contributed by atoms with van der Waals surface area (Å²) in [5, 5.41) is 3.37. The number of anilines is 1. The Bertz CT molecular complexity index is 559. The van der Waals surface area contributed by atoms with Crippen molar-refractivity contribution in [2.24, 2.45) is 0 Å². The van der Waals surface area contributed by atoms with Crippen LogP contribution in [0.5, 0.6) is 0 Å². The van der Waals surface area contributed by atoms with Gasteiger partial charge in [-0.25, -0.2) is 4.79 Å². The molecule has 4 nitrogen and oxygen atoms in total. The molecule has 6 heteroatoms. The molecule has 1 atom stereocenters. The minimum absolute atomic E-state index is 0.136. The van der Waals surface area contributed by atoms with Crippen molar-refractivity contribution in [3.63, 3.8) is 0 Å². The van der Waals surface area contributed by atoms with Gasteiger partial charge in [0.05, 0.1) is 10.7 Å². The van der Waals surface area contributed by atoms with Crippen molar-refractivity contribution >= 4 is 34.1 Å². The summed E-state index contributed by atoms with van der Waals surface area (Å²) in [6, 6.07) is 5.54. The Morgan fingerprint density at radius 2 is 2.05 bits per heavy atom. The van der Waals surface area contributed by atoms with Gasteiger partial charge in [0, 0.05) is 35.9 Å². The molecule has 2 rings (SSSR count). The molecule has 0 spiro atoms. The molecule has 1 aromatic carbocycles. The maximum absolute atomic E-state index is 12.4. The second kappa shape index (κ2) is 7.97. The van der Waals surface area contributed by atoms with E-state index in [1.165, 1.54) is 19.3 Å². The molecule has 1 saturated carbocycles. The Morgan fingerprint density at radius 1 is 1.36 bits per heavy atom. The summed E-state index contributed by atoms with van der Waals surface area (Å²) in [4.78, 5) is 14.2.